The normalized spacial score (nSPS) is 14.7. The molecule has 1 saturated carbocycles. The van der Waals surface area contributed by atoms with Crippen molar-refractivity contribution in [2.45, 2.75) is 51.4 Å². The van der Waals surface area contributed by atoms with Crippen LogP contribution in [-0.4, -0.2) is 42.6 Å². The van der Waals surface area contributed by atoms with E-state index in [0.29, 0.717) is 43.8 Å². The molecule has 0 spiro atoms. The molecule has 2 N–H and O–H groups in total. The minimum atomic E-state index is -3.30. The summed E-state index contributed by atoms with van der Waals surface area (Å²) in [7, 11) is -3.30. The molecule has 2 aromatic rings. The number of unbranched alkanes of at least 4 members (excludes halogenated alkanes) is 2. The Hall–Kier alpha value is -2.68. The summed E-state index contributed by atoms with van der Waals surface area (Å²) >= 11 is 0. The van der Waals surface area contributed by atoms with Gasteiger partial charge in [-0.3, -0.25) is 4.79 Å². The summed E-state index contributed by atoms with van der Waals surface area (Å²) in [6.07, 6.45) is 4.38. The highest BCUT2D eigenvalue weighted by Crippen LogP contribution is 2.31. The summed E-state index contributed by atoms with van der Waals surface area (Å²) in [4.78, 5) is 25.1. The molecule has 1 aromatic heterocycles. The van der Waals surface area contributed by atoms with E-state index in [4.69, 9.17) is 9.84 Å². The minimum Gasteiger partial charge on any atom is -0.490 e. The van der Waals surface area contributed by atoms with Crippen molar-refractivity contribution in [2.75, 3.05) is 18.1 Å². The summed E-state index contributed by atoms with van der Waals surface area (Å²) in [6, 6.07) is 7.37. The fourth-order valence-corrected chi connectivity index (χ4v) is 5.39. The van der Waals surface area contributed by atoms with E-state index in [2.05, 4.69) is 4.98 Å². The first kappa shape index (κ1) is 25.0. The van der Waals surface area contributed by atoms with Gasteiger partial charge in [0.2, 0.25) is 0 Å². The van der Waals surface area contributed by atoms with Gasteiger partial charge in [-0.05, 0) is 67.7 Å². The van der Waals surface area contributed by atoms with E-state index in [0.717, 1.165) is 18.4 Å². The van der Waals surface area contributed by atoms with Gasteiger partial charge in [-0.2, -0.15) is 0 Å². The molecule has 0 aliphatic heterocycles. The topological polar surface area (TPSA) is 114 Å². The van der Waals surface area contributed by atoms with Crippen LogP contribution in [0.2, 0.25) is 0 Å². The zero-order valence-electron chi connectivity index (χ0n) is 18.7. The third kappa shape index (κ3) is 7.70. The fraction of sp³-hybridized carbons (Fsp3) is 0.500. The molecular formula is C24H30FNO6S. The quantitative estimate of drug-likeness (QED) is 0.421. The number of carboxylic acids is 1. The molecule has 1 heterocycles. The van der Waals surface area contributed by atoms with Gasteiger partial charge in [0.05, 0.1) is 18.1 Å². The van der Waals surface area contributed by atoms with E-state index in [1.54, 1.807) is 12.1 Å². The molecule has 1 atom stereocenters. The Morgan fingerprint density at radius 1 is 1.21 bits per heavy atom. The van der Waals surface area contributed by atoms with Crippen LogP contribution in [0.1, 0.15) is 66.6 Å². The summed E-state index contributed by atoms with van der Waals surface area (Å²) in [5.41, 5.74) is 0.616. The third-order valence-electron chi connectivity index (χ3n) is 5.82. The molecule has 1 aliphatic carbocycles. The standard InChI is InChI=1S/C24H30FNO6S/c1-16(19-8-10-20(25)22(13-19)32-14-17-6-7-17)15-33(30,31)12-4-2-3-5-18-9-11-21(24(28)29)26-23(18)27/h8-11,13,16-17H,2-7,12,14-15H2,1H3,(H,26,27)(H,28,29)/t16-/m0/s1. The Kier molecular flexibility index (Phi) is 8.29. The lowest BCUT2D eigenvalue weighted by molar-refractivity contribution is 0.0690. The van der Waals surface area contributed by atoms with E-state index in [1.165, 1.54) is 18.2 Å². The number of aromatic nitrogens is 1. The number of aromatic amines is 1. The van der Waals surface area contributed by atoms with Crippen molar-refractivity contribution in [3.05, 3.63) is 63.3 Å². The second-order valence-electron chi connectivity index (χ2n) is 8.80. The highest BCUT2D eigenvalue weighted by atomic mass is 32.2. The predicted octanol–water partition coefficient (Wildman–Crippen LogP) is 3.93. The van der Waals surface area contributed by atoms with Gasteiger partial charge >= 0.3 is 5.97 Å². The van der Waals surface area contributed by atoms with Crippen LogP contribution in [0.5, 0.6) is 5.75 Å². The molecule has 33 heavy (non-hydrogen) atoms. The first-order chi connectivity index (χ1) is 15.6. The highest BCUT2D eigenvalue weighted by molar-refractivity contribution is 7.91. The molecule has 0 radical (unpaired) electrons. The SMILES string of the molecule is C[C@@H](CS(=O)(=O)CCCCCc1ccc(C(=O)O)[nH]c1=O)c1ccc(F)c(OCC2CC2)c1. The maximum Gasteiger partial charge on any atom is 0.352 e. The molecular weight excluding hydrogens is 449 g/mol. The van der Waals surface area contributed by atoms with Crippen molar-refractivity contribution in [3.8, 4) is 5.75 Å². The molecule has 1 aliphatic rings. The first-order valence-electron chi connectivity index (χ1n) is 11.2. The van der Waals surface area contributed by atoms with E-state index in [-0.39, 0.29) is 28.9 Å². The van der Waals surface area contributed by atoms with Gasteiger partial charge in [-0.25, -0.2) is 17.6 Å². The molecule has 0 bridgehead atoms. The molecule has 0 saturated heterocycles. The number of benzene rings is 1. The Labute approximate surface area is 192 Å². The lowest BCUT2D eigenvalue weighted by Crippen LogP contribution is -2.17. The number of carbonyl (C=O) groups is 1. The highest BCUT2D eigenvalue weighted by Gasteiger charge is 2.23. The molecule has 3 rings (SSSR count). The second kappa shape index (κ2) is 11.0. The van der Waals surface area contributed by atoms with Crippen LogP contribution in [0, 0.1) is 11.7 Å². The van der Waals surface area contributed by atoms with E-state index < -0.39 is 27.2 Å². The van der Waals surface area contributed by atoms with Crippen LogP contribution < -0.4 is 10.3 Å². The number of H-pyrrole nitrogens is 1. The Balaban J connectivity index is 1.44. The van der Waals surface area contributed by atoms with Gasteiger partial charge in [0, 0.05) is 5.56 Å². The van der Waals surface area contributed by atoms with Crippen molar-refractivity contribution in [1.29, 1.82) is 0 Å². The average Bonchev–Trinajstić information content (AvgIpc) is 3.57. The number of rotatable bonds is 13. The van der Waals surface area contributed by atoms with Crippen molar-refractivity contribution < 1.29 is 27.4 Å². The maximum atomic E-state index is 14.0. The monoisotopic (exact) mass is 479 g/mol. The molecule has 0 amide bonds. The summed E-state index contributed by atoms with van der Waals surface area (Å²) < 4.78 is 44.7. The van der Waals surface area contributed by atoms with Crippen molar-refractivity contribution in [3.63, 3.8) is 0 Å². The smallest absolute Gasteiger partial charge is 0.352 e. The Morgan fingerprint density at radius 2 is 1.97 bits per heavy atom. The average molecular weight is 480 g/mol. The maximum absolute atomic E-state index is 14.0. The number of hydrogen-bond acceptors (Lipinski definition) is 5. The lowest BCUT2D eigenvalue weighted by atomic mass is 10.0. The summed E-state index contributed by atoms with van der Waals surface area (Å²) in [5, 5.41) is 8.88. The predicted molar refractivity (Wildman–Crippen MR) is 123 cm³/mol. The van der Waals surface area contributed by atoms with Gasteiger partial charge in [0.1, 0.15) is 5.69 Å². The number of hydrogen-bond donors (Lipinski definition) is 2. The number of halogens is 1. The summed E-state index contributed by atoms with van der Waals surface area (Å²) in [5.74, 6) is -1.24. The lowest BCUT2D eigenvalue weighted by Gasteiger charge is -2.15. The van der Waals surface area contributed by atoms with Gasteiger partial charge < -0.3 is 14.8 Å². The Bertz CT molecular complexity index is 1140. The number of aromatic carboxylic acids is 1. The van der Waals surface area contributed by atoms with Crippen LogP contribution in [0.3, 0.4) is 0 Å². The number of nitrogens with one attached hydrogen (secondary N) is 1. The minimum absolute atomic E-state index is 0.0307. The number of carboxylic acid groups (broad SMARTS) is 1. The molecule has 7 nitrogen and oxygen atoms in total. The van der Waals surface area contributed by atoms with E-state index >= 15 is 0 Å². The third-order valence-corrected chi connectivity index (χ3v) is 7.74. The van der Waals surface area contributed by atoms with Crippen LogP contribution in [-0.2, 0) is 16.3 Å². The zero-order valence-corrected chi connectivity index (χ0v) is 19.5. The number of pyridine rings is 1. The molecule has 180 valence electrons. The zero-order chi connectivity index (χ0) is 24.0. The van der Waals surface area contributed by atoms with Crippen LogP contribution in [0.4, 0.5) is 4.39 Å². The molecule has 1 fully saturated rings. The summed E-state index contributed by atoms with van der Waals surface area (Å²) in [6.45, 7) is 2.30. The second-order valence-corrected chi connectivity index (χ2v) is 11.0. The molecule has 1 aromatic carbocycles. The van der Waals surface area contributed by atoms with E-state index in [9.17, 15) is 22.4 Å². The molecule has 9 heteroatoms. The largest absolute Gasteiger partial charge is 0.490 e. The van der Waals surface area contributed by atoms with Gasteiger partial charge in [-0.1, -0.05) is 25.5 Å². The van der Waals surface area contributed by atoms with Gasteiger partial charge in [-0.15, -0.1) is 0 Å². The number of ether oxygens (including phenoxy) is 1. The van der Waals surface area contributed by atoms with Gasteiger partial charge in [0.15, 0.2) is 21.4 Å². The molecule has 0 unspecified atom stereocenters. The first-order valence-corrected chi connectivity index (χ1v) is 13.0. The van der Waals surface area contributed by atoms with Crippen LogP contribution in [0.25, 0.3) is 0 Å². The van der Waals surface area contributed by atoms with Crippen LogP contribution >= 0.6 is 0 Å². The van der Waals surface area contributed by atoms with E-state index in [1.807, 2.05) is 6.92 Å². The fourth-order valence-electron chi connectivity index (χ4n) is 3.63. The van der Waals surface area contributed by atoms with Crippen molar-refractivity contribution in [1.82, 2.24) is 4.98 Å². The van der Waals surface area contributed by atoms with Crippen LogP contribution in [0.15, 0.2) is 35.1 Å². The number of aryl methyl sites for hydroxylation is 1. The van der Waals surface area contributed by atoms with Crippen molar-refractivity contribution >= 4 is 15.8 Å². The van der Waals surface area contributed by atoms with Crippen molar-refractivity contribution in [2.24, 2.45) is 5.92 Å². The van der Waals surface area contributed by atoms with Gasteiger partial charge in [0.25, 0.3) is 5.56 Å². The number of sulfone groups is 1. The Morgan fingerprint density at radius 3 is 2.64 bits per heavy atom.